The Hall–Kier alpha value is -1.69. The number of aromatic nitrogens is 2. The maximum Gasteiger partial charge on any atom is 0.242 e. The Morgan fingerprint density at radius 2 is 1.89 bits per heavy atom. The van der Waals surface area contributed by atoms with E-state index in [9.17, 15) is 13.2 Å². The standard InChI is InChI=1S/C17H25N5O3S3/c1-10(2)18-16-20-21-17(27-16)26-12(4)15(23)19-14-9-13(8-7-11(14)3)28(24,25)22(5)6/h7-10,12H,1-6H3,(H,18,20)(H,19,23). The van der Waals surface area contributed by atoms with E-state index in [0.29, 0.717) is 15.2 Å². The smallest absolute Gasteiger partial charge is 0.242 e. The summed E-state index contributed by atoms with van der Waals surface area (Å²) in [5, 5.41) is 14.4. The molecule has 1 heterocycles. The molecule has 1 unspecified atom stereocenters. The SMILES string of the molecule is Cc1ccc(S(=O)(=O)N(C)C)cc1NC(=O)C(C)Sc1nnc(NC(C)C)s1. The summed E-state index contributed by atoms with van der Waals surface area (Å²) in [4.78, 5) is 12.7. The molecule has 8 nitrogen and oxygen atoms in total. The van der Waals surface area contributed by atoms with Crippen LogP contribution in [0.4, 0.5) is 10.8 Å². The molecule has 2 rings (SSSR count). The van der Waals surface area contributed by atoms with Crippen molar-refractivity contribution in [3.05, 3.63) is 23.8 Å². The van der Waals surface area contributed by atoms with Gasteiger partial charge in [0.1, 0.15) is 0 Å². The van der Waals surface area contributed by atoms with Crippen LogP contribution in [0, 0.1) is 6.92 Å². The number of nitrogens with zero attached hydrogens (tertiary/aromatic N) is 3. The monoisotopic (exact) mass is 443 g/mol. The first-order valence-corrected chi connectivity index (χ1v) is 11.7. The first-order valence-electron chi connectivity index (χ1n) is 8.61. The van der Waals surface area contributed by atoms with Crippen molar-refractivity contribution >= 4 is 49.8 Å². The van der Waals surface area contributed by atoms with Crippen molar-refractivity contribution in [1.82, 2.24) is 14.5 Å². The van der Waals surface area contributed by atoms with Gasteiger partial charge in [-0.3, -0.25) is 4.79 Å². The molecule has 28 heavy (non-hydrogen) atoms. The molecule has 0 radical (unpaired) electrons. The van der Waals surface area contributed by atoms with Crippen LogP contribution in [0.5, 0.6) is 0 Å². The second kappa shape index (κ2) is 9.21. The van der Waals surface area contributed by atoms with E-state index in [2.05, 4.69) is 20.8 Å². The molecule has 0 aliphatic heterocycles. The van der Waals surface area contributed by atoms with Crippen LogP contribution in [-0.2, 0) is 14.8 Å². The Morgan fingerprint density at radius 1 is 1.21 bits per heavy atom. The van der Waals surface area contributed by atoms with Crippen LogP contribution in [0.3, 0.4) is 0 Å². The summed E-state index contributed by atoms with van der Waals surface area (Å²) >= 11 is 2.70. The van der Waals surface area contributed by atoms with Gasteiger partial charge in [0, 0.05) is 25.8 Å². The number of carbonyl (C=O) groups excluding carboxylic acids is 1. The van der Waals surface area contributed by atoms with Crippen molar-refractivity contribution in [3.8, 4) is 0 Å². The number of hydrogen-bond acceptors (Lipinski definition) is 8. The number of rotatable bonds is 8. The maximum atomic E-state index is 12.6. The predicted molar refractivity (Wildman–Crippen MR) is 115 cm³/mol. The van der Waals surface area contributed by atoms with Gasteiger partial charge in [0.15, 0.2) is 4.34 Å². The summed E-state index contributed by atoms with van der Waals surface area (Å²) in [6, 6.07) is 4.94. The summed E-state index contributed by atoms with van der Waals surface area (Å²) in [6.45, 7) is 7.61. The Bertz CT molecular complexity index is 941. The fourth-order valence-corrected chi connectivity index (χ4v) is 5.08. The molecule has 1 atom stereocenters. The molecule has 0 spiro atoms. The molecule has 0 bridgehead atoms. The molecule has 0 saturated carbocycles. The molecule has 2 aromatic rings. The number of anilines is 2. The third kappa shape index (κ3) is 5.66. The lowest BCUT2D eigenvalue weighted by Crippen LogP contribution is -2.24. The Labute approximate surface area is 174 Å². The van der Waals surface area contributed by atoms with E-state index < -0.39 is 15.3 Å². The summed E-state index contributed by atoms with van der Waals surface area (Å²) in [6.07, 6.45) is 0. The zero-order valence-corrected chi connectivity index (χ0v) is 19.1. The Balaban J connectivity index is 2.10. The predicted octanol–water partition coefficient (Wildman–Crippen LogP) is 3.04. The topological polar surface area (TPSA) is 104 Å². The number of thioether (sulfide) groups is 1. The molecule has 0 saturated heterocycles. The van der Waals surface area contributed by atoms with Gasteiger partial charge < -0.3 is 10.6 Å². The van der Waals surface area contributed by atoms with Crippen molar-refractivity contribution in [1.29, 1.82) is 0 Å². The lowest BCUT2D eigenvalue weighted by Gasteiger charge is -2.15. The van der Waals surface area contributed by atoms with Crippen molar-refractivity contribution in [2.75, 3.05) is 24.7 Å². The largest absolute Gasteiger partial charge is 0.358 e. The zero-order chi connectivity index (χ0) is 21.1. The number of amides is 1. The molecule has 0 aliphatic rings. The third-order valence-corrected chi connectivity index (χ3v) is 7.56. The number of aryl methyl sites for hydroxylation is 1. The molecule has 0 fully saturated rings. The van der Waals surface area contributed by atoms with Gasteiger partial charge in [0.25, 0.3) is 0 Å². The minimum absolute atomic E-state index is 0.132. The van der Waals surface area contributed by atoms with Gasteiger partial charge >= 0.3 is 0 Å². The van der Waals surface area contributed by atoms with Crippen LogP contribution in [0.25, 0.3) is 0 Å². The highest BCUT2D eigenvalue weighted by atomic mass is 32.2. The summed E-state index contributed by atoms with van der Waals surface area (Å²) in [7, 11) is -0.637. The number of carbonyl (C=O) groups is 1. The molecule has 1 aromatic heterocycles. The van der Waals surface area contributed by atoms with Gasteiger partial charge in [-0.25, -0.2) is 12.7 Å². The van der Waals surface area contributed by atoms with Gasteiger partial charge in [-0.15, -0.1) is 10.2 Å². The second-order valence-corrected chi connectivity index (χ2v) is 11.4. The van der Waals surface area contributed by atoms with E-state index in [1.165, 1.54) is 49.3 Å². The van der Waals surface area contributed by atoms with E-state index in [0.717, 1.165) is 9.87 Å². The highest BCUT2D eigenvalue weighted by Gasteiger charge is 2.21. The van der Waals surface area contributed by atoms with E-state index in [-0.39, 0.29) is 16.8 Å². The molecule has 2 N–H and O–H groups in total. The molecular weight excluding hydrogens is 418 g/mol. The molecule has 11 heteroatoms. The molecule has 154 valence electrons. The van der Waals surface area contributed by atoms with Crippen LogP contribution in [0.15, 0.2) is 27.4 Å². The second-order valence-electron chi connectivity index (χ2n) is 6.69. The number of benzene rings is 1. The minimum Gasteiger partial charge on any atom is -0.358 e. The van der Waals surface area contributed by atoms with Crippen molar-refractivity contribution < 1.29 is 13.2 Å². The molecule has 0 aliphatic carbocycles. The highest BCUT2D eigenvalue weighted by Crippen LogP contribution is 2.30. The average Bonchev–Trinajstić information content (AvgIpc) is 3.02. The average molecular weight is 444 g/mol. The Morgan fingerprint density at radius 3 is 2.50 bits per heavy atom. The normalized spacial score (nSPS) is 13.0. The highest BCUT2D eigenvalue weighted by molar-refractivity contribution is 8.02. The van der Waals surface area contributed by atoms with Crippen LogP contribution in [0.2, 0.25) is 0 Å². The van der Waals surface area contributed by atoms with Crippen molar-refractivity contribution in [2.45, 2.75) is 48.2 Å². The fraction of sp³-hybridized carbons (Fsp3) is 0.471. The minimum atomic E-state index is -3.57. The molecule has 1 aromatic carbocycles. The Kier molecular flexibility index (Phi) is 7.43. The summed E-state index contributed by atoms with van der Waals surface area (Å²) in [5.74, 6) is -0.235. The number of sulfonamides is 1. The van der Waals surface area contributed by atoms with E-state index in [4.69, 9.17) is 0 Å². The van der Waals surface area contributed by atoms with Gasteiger partial charge in [0.05, 0.1) is 10.1 Å². The van der Waals surface area contributed by atoms with Crippen LogP contribution in [0.1, 0.15) is 26.3 Å². The zero-order valence-electron chi connectivity index (χ0n) is 16.7. The number of hydrogen-bond donors (Lipinski definition) is 2. The van der Waals surface area contributed by atoms with Gasteiger partial charge in [-0.05, 0) is 45.4 Å². The van der Waals surface area contributed by atoms with E-state index in [1.54, 1.807) is 13.0 Å². The van der Waals surface area contributed by atoms with Crippen molar-refractivity contribution in [2.24, 2.45) is 0 Å². The summed E-state index contributed by atoms with van der Waals surface area (Å²) in [5.41, 5.74) is 1.25. The summed E-state index contributed by atoms with van der Waals surface area (Å²) < 4.78 is 26.5. The first kappa shape index (κ1) is 22.6. The molecule has 1 amide bonds. The van der Waals surface area contributed by atoms with Gasteiger partial charge in [0.2, 0.25) is 21.1 Å². The first-order chi connectivity index (χ1) is 13.0. The van der Waals surface area contributed by atoms with Crippen molar-refractivity contribution in [3.63, 3.8) is 0 Å². The maximum absolute atomic E-state index is 12.6. The van der Waals surface area contributed by atoms with Gasteiger partial charge in [-0.2, -0.15) is 0 Å². The van der Waals surface area contributed by atoms with Crippen LogP contribution in [-0.4, -0.2) is 54.2 Å². The molecular formula is C17H25N5O3S3. The lowest BCUT2D eigenvalue weighted by atomic mass is 10.2. The van der Waals surface area contributed by atoms with Crippen LogP contribution >= 0.6 is 23.1 Å². The van der Waals surface area contributed by atoms with Gasteiger partial charge in [-0.1, -0.05) is 29.2 Å². The number of nitrogens with one attached hydrogen (secondary N) is 2. The quantitative estimate of drug-likeness (QED) is 0.604. The third-order valence-electron chi connectivity index (χ3n) is 3.71. The van der Waals surface area contributed by atoms with E-state index in [1.807, 2.05) is 20.8 Å². The lowest BCUT2D eigenvalue weighted by molar-refractivity contribution is -0.115. The van der Waals surface area contributed by atoms with E-state index >= 15 is 0 Å². The van der Waals surface area contributed by atoms with Crippen LogP contribution < -0.4 is 10.6 Å². The fourth-order valence-electron chi connectivity index (χ4n) is 2.11.